The van der Waals surface area contributed by atoms with Crippen LogP contribution in [0.15, 0.2) is 0 Å². The Bertz CT molecular complexity index is 549. The molecule has 0 aromatic rings. The monoisotopic (exact) mass is 375 g/mol. The van der Waals surface area contributed by atoms with E-state index < -0.39 is 54.3 Å². The van der Waals surface area contributed by atoms with Gasteiger partial charge in [0.2, 0.25) is 11.8 Å². The Morgan fingerprint density at radius 3 is 1.85 bits per heavy atom. The Morgan fingerprint density at radius 1 is 0.885 bits per heavy atom. The highest BCUT2D eigenvalue weighted by Crippen LogP contribution is 2.07. The predicted molar refractivity (Wildman–Crippen MR) is 88.1 cm³/mol. The molecule has 0 aliphatic rings. The molecule has 0 fully saturated rings. The minimum absolute atomic E-state index is 0.0518. The average molecular weight is 375 g/mol. The molecule has 0 radical (unpaired) electrons. The van der Waals surface area contributed by atoms with E-state index in [0.717, 1.165) is 0 Å². The first-order valence-electron chi connectivity index (χ1n) is 7.96. The number of hydrogen-bond acceptors (Lipinski definition) is 6. The number of carbonyl (C=O) groups excluding carboxylic acids is 2. The molecule has 0 spiro atoms. The number of hydrogen-bond donors (Lipinski definition) is 6. The molecule has 0 heterocycles. The summed E-state index contributed by atoms with van der Waals surface area (Å²) in [5.74, 6) is -5.71. The highest BCUT2D eigenvalue weighted by Gasteiger charge is 2.29. The molecule has 0 saturated carbocycles. The van der Waals surface area contributed by atoms with E-state index in [-0.39, 0.29) is 25.2 Å². The molecule has 0 aromatic heterocycles. The molecular formula is C15H25N3O8. The summed E-state index contributed by atoms with van der Waals surface area (Å²) in [5, 5.41) is 30.7. The topological polar surface area (TPSA) is 196 Å². The third-order valence-electron chi connectivity index (χ3n) is 3.34. The lowest BCUT2D eigenvalue weighted by Gasteiger charge is -2.23. The third-order valence-corrected chi connectivity index (χ3v) is 3.34. The number of rotatable bonds is 12. The average Bonchev–Trinajstić information content (AvgIpc) is 2.49. The van der Waals surface area contributed by atoms with Crippen LogP contribution in [0.3, 0.4) is 0 Å². The molecule has 11 nitrogen and oxygen atoms in total. The molecular weight excluding hydrogens is 350 g/mol. The van der Waals surface area contributed by atoms with Gasteiger partial charge in [0.05, 0.1) is 12.5 Å². The minimum Gasteiger partial charge on any atom is -0.481 e. The van der Waals surface area contributed by atoms with Crippen LogP contribution in [0, 0.1) is 5.92 Å². The smallest absolute Gasteiger partial charge is 0.326 e. The van der Waals surface area contributed by atoms with Crippen molar-refractivity contribution < 1.29 is 39.3 Å². The van der Waals surface area contributed by atoms with Gasteiger partial charge in [-0.25, -0.2) is 4.79 Å². The van der Waals surface area contributed by atoms with Crippen LogP contribution in [0.4, 0.5) is 0 Å². The van der Waals surface area contributed by atoms with Crippen molar-refractivity contribution in [3.05, 3.63) is 0 Å². The van der Waals surface area contributed by atoms with Gasteiger partial charge in [-0.1, -0.05) is 13.8 Å². The maximum atomic E-state index is 12.3. The summed E-state index contributed by atoms with van der Waals surface area (Å²) in [7, 11) is 0. The van der Waals surface area contributed by atoms with Crippen LogP contribution in [-0.2, 0) is 24.0 Å². The fourth-order valence-electron chi connectivity index (χ4n) is 2.04. The molecule has 0 aliphatic carbocycles. The van der Waals surface area contributed by atoms with Crippen molar-refractivity contribution in [2.75, 3.05) is 0 Å². The largest absolute Gasteiger partial charge is 0.481 e. The minimum atomic E-state index is -1.65. The van der Waals surface area contributed by atoms with Crippen LogP contribution in [0.2, 0.25) is 0 Å². The molecule has 26 heavy (non-hydrogen) atoms. The molecule has 3 atom stereocenters. The van der Waals surface area contributed by atoms with Gasteiger partial charge in [0.1, 0.15) is 12.1 Å². The lowest BCUT2D eigenvalue weighted by Crippen LogP contribution is -2.55. The van der Waals surface area contributed by atoms with E-state index in [4.69, 9.17) is 21.1 Å². The molecule has 0 bridgehead atoms. The maximum absolute atomic E-state index is 12.3. The number of amides is 2. The standard InChI is InChI=1S/C15H25N3O8/c1-7(2)5-9(17-13(23)8(16)3-4-11(19)20)14(24)18-10(15(25)26)6-12(21)22/h7-10H,3-6,16H2,1-2H3,(H,17,23)(H,18,24)(H,19,20)(H,21,22)(H,25,26)/t8-,9-,10+/m0/s1. The van der Waals surface area contributed by atoms with E-state index in [2.05, 4.69) is 10.6 Å². The van der Waals surface area contributed by atoms with Crippen molar-refractivity contribution in [3.8, 4) is 0 Å². The van der Waals surface area contributed by atoms with E-state index in [1.54, 1.807) is 13.8 Å². The summed E-state index contributed by atoms with van der Waals surface area (Å²) in [4.78, 5) is 56.6. The number of nitrogens with one attached hydrogen (secondary N) is 2. The van der Waals surface area contributed by atoms with Crippen molar-refractivity contribution in [2.45, 2.75) is 57.7 Å². The van der Waals surface area contributed by atoms with Gasteiger partial charge in [-0.3, -0.25) is 19.2 Å². The summed E-state index contributed by atoms with van der Waals surface area (Å²) >= 11 is 0. The molecule has 0 unspecified atom stereocenters. The molecule has 0 rings (SSSR count). The summed E-state index contributed by atoms with van der Waals surface area (Å²) in [6.45, 7) is 3.53. The van der Waals surface area contributed by atoms with Gasteiger partial charge in [0.25, 0.3) is 0 Å². The second kappa shape index (κ2) is 11.0. The molecule has 2 amide bonds. The van der Waals surface area contributed by atoms with E-state index in [1.165, 1.54) is 0 Å². The fourth-order valence-corrected chi connectivity index (χ4v) is 2.04. The number of nitrogens with two attached hydrogens (primary N) is 1. The number of carboxylic acid groups (broad SMARTS) is 3. The van der Waals surface area contributed by atoms with Crippen LogP contribution >= 0.6 is 0 Å². The first kappa shape index (κ1) is 23.3. The highest BCUT2D eigenvalue weighted by molar-refractivity contribution is 5.92. The normalized spacial score (nSPS) is 14.2. The first-order valence-corrected chi connectivity index (χ1v) is 7.96. The van der Waals surface area contributed by atoms with Crippen LogP contribution in [0.1, 0.15) is 39.5 Å². The van der Waals surface area contributed by atoms with Crippen molar-refractivity contribution in [2.24, 2.45) is 11.7 Å². The van der Waals surface area contributed by atoms with Crippen LogP contribution < -0.4 is 16.4 Å². The third kappa shape index (κ3) is 9.57. The van der Waals surface area contributed by atoms with Crippen LogP contribution in [0.25, 0.3) is 0 Å². The molecule has 148 valence electrons. The molecule has 0 aliphatic heterocycles. The highest BCUT2D eigenvalue weighted by atomic mass is 16.4. The maximum Gasteiger partial charge on any atom is 0.326 e. The van der Waals surface area contributed by atoms with Crippen LogP contribution in [-0.4, -0.2) is 63.2 Å². The quantitative estimate of drug-likeness (QED) is 0.241. The summed E-state index contributed by atoms with van der Waals surface area (Å²) in [6, 6.07) is -3.93. The van der Waals surface area contributed by atoms with Crippen LogP contribution in [0.5, 0.6) is 0 Å². The fraction of sp³-hybridized carbons (Fsp3) is 0.667. The predicted octanol–water partition coefficient (Wildman–Crippen LogP) is -1.25. The lowest BCUT2D eigenvalue weighted by molar-refractivity contribution is -0.147. The Labute approximate surface area is 149 Å². The zero-order valence-corrected chi connectivity index (χ0v) is 14.6. The molecule has 11 heteroatoms. The lowest BCUT2D eigenvalue weighted by atomic mass is 10.0. The molecule has 7 N–H and O–H groups in total. The van der Waals surface area contributed by atoms with E-state index in [0.29, 0.717) is 0 Å². The summed E-state index contributed by atoms with van der Waals surface area (Å²) in [5.41, 5.74) is 5.58. The van der Waals surface area contributed by atoms with Crippen molar-refractivity contribution in [1.29, 1.82) is 0 Å². The molecule has 0 aromatic carbocycles. The van der Waals surface area contributed by atoms with Gasteiger partial charge < -0.3 is 31.7 Å². The van der Waals surface area contributed by atoms with E-state index in [9.17, 15) is 24.0 Å². The Kier molecular flexibility index (Phi) is 9.89. The summed E-state index contributed by atoms with van der Waals surface area (Å²) < 4.78 is 0. The summed E-state index contributed by atoms with van der Waals surface area (Å²) in [6.07, 6.45) is -1.12. The van der Waals surface area contributed by atoms with Gasteiger partial charge in [0.15, 0.2) is 0 Å². The first-order chi connectivity index (χ1) is 11.9. The number of carbonyl (C=O) groups is 5. The van der Waals surface area contributed by atoms with E-state index in [1.807, 2.05) is 0 Å². The number of aliphatic carboxylic acids is 3. The Balaban J connectivity index is 5.02. The van der Waals surface area contributed by atoms with Gasteiger partial charge >= 0.3 is 17.9 Å². The van der Waals surface area contributed by atoms with Gasteiger partial charge in [-0.15, -0.1) is 0 Å². The van der Waals surface area contributed by atoms with Crippen molar-refractivity contribution in [1.82, 2.24) is 10.6 Å². The number of carboxylic acids is 3. The van der Waals surface area contributed by atoms with Crippen molar-refractivity contribution in [3.63, 3.8) is 0 Å². The zero-order valence-electron chi connectivity index (χ0n) is 14.6. The van der Waals surface area contributed by atoms with Crippen molar-refractivity contribution >= 4 is 29.7 Å². The second-order valence-electron chi connectivity index (χ2n) is 6.23. The van der Waals surface area contributed by atoms with Gasteiger partial charge in [-0.2, -0.15) is 0 Å². The second-order valence-corrected chi connectivity index (χ2v) is 6.23. The van der Waals surface area contributed by atoms with E-state index >= 15 is 0 Å². The van der Waals surface area contributed by atoms with Gasteiger partial charge in [-0.05, 0) is 18.8 Å². The Morgan fingerprint density at radius 2 is 1.42 bits per heavy atom. The Hall–Kier alpha value is -2.69. The molecule has 0 saturated heterocycles. The SMILES string of the molecule is CC(C)C[C@H](NC(=O)[C@@H](N)CCC(=O)O)C(=O)N[C@H](CC(=O)O)C(=O)O. The zero-order chi connectivity index (χ0) is 20.4. The van der Waals surface area contributed by atoms with Gasteiger partial charge in [0, 0.05) is 6.42 Å².